The van der Waals surface area contributed by atoms with Crippen molar-refractivity contribution < 1.29 is 18.7 Å². The van der Waals surface area contributed by atoms with Gasteiger partial charge in [-0.15, -0.1) is 0 Å². The SMILES string of the molecule is COc1ccc(CNC(=O)c2cc3ccc(Br)cc3c(=O)o2)c(OC)c1. The van der Waals surface area contributed by atoms with Gasteiger partial charge in [0.05, 0.1) is 19.6 Å². The molecule has 2 aromatic carbocycles. The number of methoxy groups -OCH3 is 2. The molecule has 1 heterocycles. The van der Waals surface area contributed by atoms with Gasteiger partial charge in [-0.2, -0.15) is 0 Å². The molecule has 0 atom stereocenters. The fourth-order valence-electron chi connectivity index (χ4n) is 2.53. The first-order chi connectivity index (χ1) is 12.5. The fraction of sp³-hybridized carbons (Fsp3) is 0.158. The van der Waals surface area contributed by atoms with E-state index in [2.05, 4.69) is 21.2 Å². The van der Waals surface area contributed by atoms with Gasteiger partial charge in [-0.3, -0.25) is 4.79 Å². The van der Waals surface area contributed by atoms with Crippen LogP contribution in [0.1, 0.15) is 16.1 Å². The number of hydrogen-bond donors (Lipinski definition) is 1. The van der Waals surface area contributed by atoms with Gasteiger partial charge in [0.15, 0.2) is 5.76 Å². The summed E-state index contributed by atoms with van der Waals surface area (Å²) >= 11 is 3.31. The number of benzene rings is 2. The molecule has 7 heteroatoms. The molecule has 3 aromatic rings. The second kappa shape index (κ2) is 7.61. The topological polar surface area (TPSA) is 77.8 Å². The van der Waals surface area contributed by atoms with Gasteiger partial charge in [0.1, 0.15) is 11.5 Å². The van der Waals surface area contributed by atoms with E-state index in [0.29, 0.717) is 22.3 Å². The van der Waals surface area contributed by atoms with Gasteiger partial charge >= 0.3 is 5.63 Å². The van der Waals surface area contributed by atoms with Crippen LogP contribution in [0.4, 0.5) is 0 Å². The van der Waals surface area contributed by atoms with Crippen LogP contribution in [0.25, 0.3) is 10.8 Å². The van der Waals surface area contributed by atoms with Crippen LogP contribution >= 0.6 is 15.9 Å². The summed E-state index contributed by atoms with van der Waals surface area (Å²) in [4.78, 5) is 24.5. The highest BCUT2D eigenvalue weighted by Crippen LogP contribution is 2.24. The average molecular weight is 418 g/mol. The molecule has 0 bridgehead atoms. The minimum atomic E-state index is -0.559. The van der Waals surface area contributed by atoms with Gasteiger partial charge in [-0.05, 0) is 35.7 Å². The van der Waals surface area contributed by atoms with Gasteiger partial charge in [0.25, 0.3) is 5.91 Å². The maximum Gasteiger partial charge on any atom is 0.344 e. The van der Waals surface area contributed by atoms with E-state index in [1.54, 1.807) is 56.7 Å². The summed E-state index contributed by atoms with van der Waals surface area (Å²) in [5.74, 6) is 0.722. The lowest BCUT2D eigenvalue weighted by Crippen LogP contribution is -2.24. The Kier molecular flexibility index (Phi) is 5.27. The third-order valence-electron chi connectivity index (χ3n) is 3.88. The quantitative estimate of drug-likeness (QED) is 0.687. The molecule has 0 saturated carbocycles. The molecule has 1 aromatic heterocycles. The Morgan fingerprint density at radius 2 is 1.92 bits per heavy atom. The van der Waals surface area contributed by atoms with Crippen LogP contribution in [0.2, 0.25) is 0 Å². The van der Waals surface area contributed by atoms with E-state index in [-0.39, 0.29) is 12.3 Å². The number of ether oxygens (including phenoxy) is 2. The number of carbonyl (C=O) groups is 1. The second-order valence-electron chi connectivity index (χ2n) is 5.49. The summed E-state index contributed by atoms with van der Waals surface area (Å²) in [5.41, 5.74) is 0.213. The molecule has 0 radical (unpaired) electrons. The molecule has 6 nitrogen and oxygen atoms in total. The van der Waals surface area contributed by atoms with Gasteiger partial charge in [0, 0.05) is 22.6 Å². The Hall–Kier alpha value is -2.80. The predicted octanol–water partition coefficient (Wildman–Crippen LogP) is 3.50. The molecule has 0 aliphatic heterocycles. The molecule has 0 spiro atoms. The number of hydrogen-bond acceptors (Lipinski definition) is 5. The van der Waals surface area contributed by atoms with Gasteiger partial charge in [-0.25, -0.2) is 4.79 Å². The molecule has 134 valence electrons. The van der Waals surface area contributed by atoms with E-state index >= 15 is 0 Å². The van der Waals surface area contributed by atoms with E-state index in [9.17, 15) is 9.59 Å². The molecule has 3 rings (SSSR count). The van der Waals surface area contributed by atoms with Crippen molar-refractivity contribution in [3.63, 3.8) is 0 Å². The second-order valence-corrected chi connectivity index (χ2v) is 6.41. The number of fused-ring (bicyclic) bond motifs is 1. The Balaban J connectivity index is 1.82. The largest absolute Gasteiger partial charge is 0.497 e. The normalized spacial score (nSPS) is 10.6. The summed E-state index contributed by atoms with van der Waals surface area (Å²) < 4.78 is 16.4. The van der Waals surface area contributed by atoms with Crippen LogP contribution in [-0.4, -0.2) is 20.1 Å². The molecule has 0 saturated heterocycles. The molecule has 1 N–H and O–H groups in total. The number of carbonyl (C=O) groups excluding carboxylic acids is 1. The Bertz CT molecular complexity index is 1030. The highest BCUT2D eigenvalue weighted by atomic mass is 79.9. The zero-order valence-corrected chi connectivity index (χ0v) is 15.8. The van der Waals surface area contributed by atoms with Crippen molar-refractivity contribution in [3.8, 4) is 11.5 Å². The van der Waals surface area contributed by atoms with Crippen LogP contribution in [0, 0.1) is 0 Å². The first kappa shape index (κ1) is 18.0. The molecule has 1 amide bonds. The fourth-order valence-corrected chi connectivity index (χ4v) is 2.89. The molecule has 26 heavy (non-hydrogen) atoms. The number of halogens is 1. The lowest BCUT2D eigenvalue weighted by atomic mass is 10.1. The maximum absolute atomic E-state index is 12.4. The standard InChI is InChI=1S/C19H16BrNO5/c1-24-14-6-4-12(16(9-14)25-2)10-21-18(22)17-7-11-3-5-13(20)8-15(11)19(23)26-17/h3-9H,10H2,1-2H3,(H,21,22). The Morgan fingerprint density at radius 3 is 2.65 bits per heavy atom. The van der Waals surface area contributed by atoms with Crippen molar-refractivity contribution in [1.82, 2.24) is 5.32 Å². The predicted molar refractivity (Wildman–Crippen MR) is 101 cm³/mol. The highest BCUT2D eigenvalue weighted by molar-refractivity contribution is 9.10. The van der Waals surface area contributed by atoms with Crippen LogP contribution < -0.4 is 20.4 Å². The van der Waals surface area contributed by atoms with Crippen molar-refractivity contribution in [2.45, 2.75) is 6.54 Å². The zero-order valence-electron chi connectivity index (χ0n) is 14.2. The molecular formula is C19H16BrNO5. The third kappa shape index (κ3) is 3.72. The van der Waals surface area contributed by atoms with Crippen LogP contribution in [0.15, 0.2) is 56.1 Å². The molecule has 0 unspecified atom stereocenters. The lowest BCUT2D eigenvalue weighted by Gasteiger charge is -2.11. The van der Waals surface area contributed by atoms with Gasteiger partial charge in [-0.1, -0.05) is 22.0 Å². The molecule has 0 fully saturated rings. The summed E-state index contributed by atoms with van der Waals surface area (Å²) in [7, 11) is 3.11. The molecule has 0 aliphatic carbocycles. The smallest absolute Gasteiger partial charge is 0.344 e. The first-order valence-electron chi connectivity index (χ1n) is 7.74. The molecular weight excluding hydrogens is 402 g/mol. The minimum absolute atomic E-state index is 0.0442. The maximum atomic E-state index is 12.4. The first-order valence-corrected chi connectivity index (χ1v) is 8.53. The zero-order chi connectivity index (χ0) is 18.7. The monoisotopic (exact) mass is 417 g/mol. The summed E-state index contributed by atoms with van der Waals surface area (Å²) in [6, 6.07) is 12.1. The van der Waals surface area contributed by atoms with Gasteiger partial charge < -0.3 is 19.2 Å². The number of amides is 1. The summed E-state index contributed by atoms with van der Waals surface area (Å²) in [5, 5.41) is 3.77. The third-order valence-corrected chi connectivity index (χ3v) is 4.38. The van der Waals surface area contributed by atoms with Crippen molar-refractivity contribution in [3.05, 3.63) is 68.7 Å². The van der Waals surface area contributed by atoms with Crippen molar-refractivity contribution >= 4 is 32.6 Å². The van der Waals surface area contributed by atoms with Crippen molar-refractivity contribution in [1.29, 1.82) is 0 Å². The minimum Gasteiger partial charge on any atom is -0.497 e. The van der Waals surface area contributed by atoms with Crippen LogP contribution in [0.3, 0.4) is 0 Å². The van der Waals surface area contributed by atoms with E-state index < -0.39 is 11.5 Å². The summed E-state index contributed by atoms with van der Waals surface area (Å²) in [6.07, 6.45) is 0. The Morgan fingerprint density at radius 1 is 1.12 bits per heavy atom. The van der Waals surface area contributed by atoms with Crippen molar-refractivity contribution in [2.75, 3.05) is 14.2 Å². The number of rotatable bonds is 5. The van der Waals surface area contributed by atoms with Crippen LogP contribution in [0.5, 0.6) is 11.5 Å². The van der Waals surface area contributed by atoms with E-state index in [0.717, 1.165) is 10.0 Å². The van der Waals surface area contributed by atoms with E-state index in [1.807, 2.05) is 0 Å². The lowest BCUT2D eigenvalue weighted by molar-refractivity contribution is 0.0919. The molecule has 0 aliphatic rings. The Labute approximate surface area is 157 Å². The van der Waals surface area contributed by atoms with Crippen LogP contribution in [-0.2, 0) is 6.54 Å². The summed E-state index contributed by atoms with van der Waals surface area (Å²) in [6.45, 7) is 0.216. The number of nitrogens with one attached hydrogen (secondary N) is 1. The van der Waals surface area contributed by atoms with E-state index in [1.165, 1.54) is 0 Å². The van der Waals surface area contributed by atoms with E-state index in [4.69, 9.17) is 13.9 Å². The van der Waals surface area contributed by atoms with Gasteiger partial charge in [0.2, 0.25) is 0 Å². The van der Waals surface area contributed by atoms with Crippen molar-refractivity contribution in [2.24, 2.45) is 0 Å². The highest BCUT2D eigenvalue weighted by Gasteiger charge is 2.13. The average Bonchev–Trinajstić information content (AvgIpc) is 2.66.